The summed E-state index contributed by atoms with van der Waals surface area (Å²) in [7, 11) is 0. The van der Waals surface area contributed by atoms with Crippen molar-refractivity contribution in [3.05, 3.63) is 43.3 Å². The van der Waals surface area contributed by atoms with E-state index in [0.29, 0.717) is 0 Å². The first-order valence-corrected chi connectivity index (χ1v) is 10.1. The molecule has 0 saturated carbocycles. The molecule has 1 unspecified atom stereocenters. The maximum atomic E-state index is 6.73. The molecule has 3 heterocycles. The van der Waals surface area contributed by atoms with Crippen molar-refractivity contribution >= 4 is 46.0 Å². The van der Waals surface area contributed by atoms with Gasteiger partial charge in [0.25, 0.3) is 0 Å². The second-order valence-corrected chi connectivity index (χ2v) is 10.0. The second kappa shape index (κ2) is 5.68. The van der Waals surface area contributed by atoms with Gasteiger partial charge in [0.1, 0.15) is 5.38 Å². The van der Waals surface area contributed by atoms with Crippen molar-refractivity contribution < 1.29 is 0 Å². The van der Waals surface area contributed by atoms with Gasteiger partial charge in [0, 0.05) is 25.3 Å². The molecule has 0 saturated heterocycles. The number of hydrogen-bond donors (Lipinski definition) is 0. The number of hydrogen-bond acceptors (Lipinski definition) is 3. The van der Waals surface area contributed by atoms with Gasteiger partial charge < -0.3 is 0 Å². The summed E-state index contributed by atoms with van der Waals surface area (Å²) in [6.07, 6.45) is 1.21. The lowest BCUT2D eigenvalue weighted by molar-refractivity contribution is 0.604. The summed E-state index contributed by atoms with van der Waals surface area (Å²) in [4.78, 5) is 5.57. The van der Waals surface area contributed by atoms with Crippen molar-refractivity contribution in [2.75, 3.05) is 5.75 Å². The number of fused-ring (bicyclic) bond motifs is 1. The summed E-state index contributed by atoms with van der Waals surface area (Å²) in [5.74, 6) is 2.42. The van der Waals surface area contributed by atoms with Crippen LogP contribution in [0.15, 0.2) is 18.2 Å². The number of thioether (sulfide) groups is 1. The number of alkyl halides is 1. The van der Waals surface area contributed by atoms with Gasteiger partial charge in [-0.25, -0.2) is 0 Å². The topological polar surface area (TPSA) is 0 Å². The summed E-state index contributed by atoms with van der Waals surface area (Å²) >= 11 is 12.5. The molecule has 0 amide bonds. The molecule has 4 heteroatoms. The SMILES string of the molecule is CC(C)(C)c1ccc(C(Cl)c2cc3c(s2)CCSC3)s1. The molecule has 0 bridgehead atoms. The Kier molecular flexibility index (Phi) is 4.24. The molecular weight excluding hydrogens is 324 g/mol. The minimum Gasteiger partial charge on any atom is -0.157 e. The van der Waals surface area contributed by atoms with Crippen LogP contribution in [-0.2, 0) is 17.6 Å². The summed E-state index contributed by atoms with van der Waals surface area (Å²) in [6, 6.07) is 6.77. The Morgan fingerprint density at radius 3 is 2.60 bits per heavy atom. The molecule has 1 aliphatic rings. The molecule has 0 spiro atoms. The van der Waals surface area contributed by atoms with Crippen LogP contribution in [0.25, 0.3) is 0 Å². The molecular formula is C16H19ClS3. The van der Waals surface area contributed by atoms with Crippen LogP contribution in [0.3, 0.4) is 0 Å². The van der Waals surface area contributed by atoms with Gasteiger partial charge in [-0.05, 0) is 41.4 Å². The van der Waals surface area contributed by atoms with E-state index in [9.17, 15) is 0 Å². The highest BCUT2D eigenvalue weighted by atomic mass is 35.5. The standard InChI is InChI=1S/C16H19ClS3/c1-16(2,3)14-5-4-12(20-14)15(17)13-8-10-9-18-7-6-11(10)19-13/h4-5,8,15H,6-7,9H2,1-3H3. The van der Waals surface area contributed by atoms with Crippen molar-refractivity contribution in [2.45, 2.75) is 43.7 Å². The van der Waals surface area contributed by atoms with Crippen molar-refractivity contribution in [1.29, 1.82) is 0 Å². The summed E-state index contributed by atoms with van der Waals surface area (Å²) in [5.41, 5.74) is 1.73. The van der Waals surface area contributed by atoms with Gasteiger partial charge in [-0.15, -0.1) is 34.3 Å². The van der Waals surface area contributed by atoms with E-state index in [1.165, 1.54) is 32.4 Å². The zero-order valence-electron chi connectivity index (χ0n) is 12.0. The van der Waals surface area contributed by atoms with E-state index in [4.69, 9.17) is 11.6 Å². The van der Waals surface area contributed by atoms with Crippen molar-refractivity contribution in [1.82, 2.24) is 0 Å². The third-order valence-corrected chi connectivity index (χ3v) is 8.13. The van der Waals surface area contributed by atoms with Crippen LogP contribution in [0.2, 0.25) is 0 Å². The van der Waals surface area contributed by atoms with Crippen LogP contribution in [0.5, 0.6) is 0 Å². The predicted octanol–water partition coefficient (Wildman–Crippen LogP) is 6.22. The normalized spacial score (nSPS) is 17.0. The lowest BCUT2D eigenvalue weighted by Gasteiger charge is -2.15. The highest BCUT2D eigenvalue weighted by Gasteiger charge is 2.22. The van der Waals surface area contributed by atoms with Crippen LogP contribution in [0, 0.1) is 0 Å². The minimum atomic E-state index is 0.0247. The van der Waals surface area contributed by atoms with Crippen molar-refractivity contribution in [3.63, 3.8) is 0 Å². The van der Waals surface area contributed by atoms with E-state index in [-0.39, 0.29) is 10.8 Å². The van der Waals surface area contributed by atoms with Gasteiger partial charge in [0.15, 0.2) is 0 Å². The third-order valence-electron chi connectivity index (χ3n) is 3.51. The van der Waals surface area contributed by atoms with E-state index in [0.717, 1.165) is 5.75 Å². The molecule has 2 aromatic heterocycles. The van der Waals surface area contributed by atoms with E-state index in [1.54, 1.807) is 4.88 Å². The Bertz CT molecular complexity index is 580. The Morgan fingerprint density at radius 2 is 1.95 bits per heavy atom. The first-order chi connectivity index (χ1) is 9.45. The molecule has 2 aromatic rings. The molecule has 0 N–H and O–H groups in total. The molecule has 108 valence electrons. The fourth-order valence-electron chi connectivity index (χ4n) is 2.33. The smallest absolute Gasteiger partial charge is 0.102 e. The third kappa shape index (κ3) is 2.96. The largest absolute Gasteiger partial charge is 0.157 e. The minimum absolute atomic E-state index is 0.0247. The average Bonchev–Trinajstić information content (AvgIpc) is 3.04. The maximum absolute atomic E-state index is 6.73. The molecule has 0 aromatic carbocycles. The first kappa shape index (κ1) is 15.0. The molecule has 3 rings (SSSR count). The van der Waals surface area contributed by atoms with Gasteiger partial charge in [-0.2, -0.15) is 11.8 Å². The van der Waals surface area contributed by atoms with E-state index >= 15 is 0 Å². The van der Waals surface area contributed by atoms with E-state index in [2.05, 4.69) is 39.0 Å². The Balaban J connectivity index is 1.86. The number of halogens is 1. The molecule has 1 aliphatic heterocycles. The van der Waals surface area contributed by atoms with Crippen LogP contribution < -0.4 is 0 Å². The zero-order valence-corrected chi connectivity index (χ0v) is 15.2. The quantitative estimate of drug-likeness (QED) is 0.583. The molecule has 0 fully saturated rings. The molecule has 1 atom stereocenters. The van der Waals surface area contributed by atoms with Gasteiger partial charge in [0.2, 0.25) is 0 Å². The first-order valence-electron chi connectivity index (χ1n) is 6.88. The van der Waals surface area contributed by atoms with Gasteiger partial charge >= 0.3 is 0 Å². The average molecular weight is 343 g/mol. The summed E-state index contributed by atoms with van der Waals surface area (Å²) in [5, 5.41) is 0.0247. The summed E-state index contributed by atoms with van der Waals surface area (Å²) < 4.78 is 0. The molecule has 0 radical (unpaired) electrons. The Hall–Kier alpha value is 0.0400. The monoisotopic (exact) mass is 342 g/mol. The molecule has 0 nitrogen and oxygen atoms in total. The van der Waals surface area contributed by atoms with E-state index < -0.39 is 0 Å². The van der Waals surface area contributed by atoms with Crippen LogP contribution in [-0.4, -0.2) is 5.75 Å². The van der Waals surface area contributed by atoms with Crippen LogP contribution >= 0.6 is 46.0 Å². The number of thiophene rings is 2. The van der Waals surface area contributed by atoms with Crippen LogP contribution in [0.4, 0.5) is 0 Å². The number of aryl methyl sites for hydroxylation is 1. The van der Waals surface area contributed by atoms with Crippen molar-refractivity contribution in [2.24, 2.45) is 0 Å². The van der Waals surface area contributed by atoms with Gasteiger partial charge in [-0.1, -0.05) is 20.8 Å². The summed E-state index contributed by atoms with van der Waals surface area (Å²) in [6.45, 7) is 6.77. The second-order valence-electron chi connectivity index (χ2n) is 6.21. The lowest BCUT2D eigenvalue weighted by atomic mass is 9.95. The molecule has 0 aliphatic carbocycles. The fourth-order valence-corrected chi connectivity index (χ4v) is 6.24. The predicted molar refractivity (Wildman–Crippen MR) is 94.9 cm³/mol. The number of rotatable bonds is 2. The Morgan fingerprint density at radius 1 is 1.15 bits per heavy atom. The van der Waals surface area contributed by atoms with Crippen molar-refractivity contribution in [3.8, 4) is 0 Å². The van der Waals surface area contributed by atoms with E-state index in [1.807, 2.05) is 34.4 Å². The molecule has 20 heavy (non-hydrogen) atoms. The van der Waals surface area contributed by atoms with Crippen LogP contribution in [0.1, 0.15) is 51.2 Å². The zero-order chi connectivity index (χ0) is 14.3. The van der Waals surface area contributed by atoms with Gasteiger partial charge in [0.05, 0.1) is 0 Å². The highest BCUT2D eigenvalue weighted by Crippen LogP contribution is 2.42. The maximum Gasteiger partial charge on any atom is 0.102 e. The fraction of sp³-hybridized carbons (Fsp3) is 0.500. The lowest BCUT2D eigenvalue weighted by Crippen LogP contribution is -2.07. The van der Waals surface area contributed by atoms with Gasteiger partial charge in [-0.3, -0.25) is 0 Å². The highest BCUT2D eigenvalue weighted by molar-refractivity contribution is 7.98. The Labute approximate surface area is 138 Å².